The van der Waals surface area contributed by atoms with Gasteiger partial charge in [0.2, 0.25) is 0 Å². The highest BCUT2D eigenvalue weighted by Crippen LogP contribution is 1.69. The molecule has 0 fully saturated rings. The van der Waals surface area contributed by atoms with E-state index in [2.05, 4.69) is 11.5 Å². The van der Waals surface area contributed by atoms with Crippen molar-refractivity contribution in [3.8, 4) is 0 Å². The van der Waals surface area contributed by atoms with E-state index in [1.807, 2.05) is 20.2 Å². The van der Waals surface area contributed by atoms with Crippen LogP contribution in [-0.2, 0) is 0 Å². The summed E-state index contributed by atoms with van der Waals surface area (Å²) in [5, 5.41) is 0. The molecule has 0 bridgehead atoms. The largest absolute Gasteiger partial charge is 0.344 e. The fraction of sp³-hybridized carbons (Fsp3) is 0.600. The molecule has 0 aliphatic heterocycles. The summed E-state index contributed by atoms with van der Waals surface area (Å²) in [6.07, 6.45) is 1.88. The second-order valence-electron chi connectivity index (χ2n) is 1.55. The minimum absolute atomic E-state index is 0. The zero-order valence-corrected chi connectivity index (χ0v) is 6.37. The van der Waals surface area contributed by atoms with E-state index in [4.69, 9.17) is 0 Å². The second kappa shape index (κ2) is 10.0. The molecule has 0 aromatic heterocycles. The highest BCUT2D eigenvalue weighted by molar-refractivity contribution is 5.85. The van der Waals surface area contributed by atoms with E-state index in [0.29, 0.717) is 0 Å². The minimum atomic E-state index is 0. The molecule has 0 amide bonds. The molecule has 0 rings (SSSR count). The number of rotatable bonds is 2. The van der Waals surface area contributed by atoms with Crippen LogP contribution in [0.4, 0.5) is 0 Å². The Hall–Kier alpha value is -0.0500. The number of likely N-dealkylation sites (N-methyl/N-ethyl adjacent to an activating group) is 1. The highest BCUT2D eigenvalue weighted by atomic mass is 35.5. The zero-order valence-electron chi connectivity index (χ0n) is 5.55. The van der Waals surface area contributed by atoms with Crippen molar-refractivity contribution in [2.24, 2.45) is 0 Å². The lowest BCUT2D eigenvalue weighted by Gasteiger charge is -2.01. The Morgan fingerprint density at radius 1 is 1.50 bits per heavy atom. The molecule has 0 aromatic rings. The second-order valence-corrected chi connectivity index (χ2v) is 1.55. The summed E-state index contributed by atoms with van der Waals surface area (Å²) in [5.41, 5.74) is 0. The van der Waals surface area contributed by atoms with Crippen LogP contribution in [0.2, 0.25) is 0 Å². The van der Waals surface area contributed by atoms with Crippen molar-refractivity contribution in [2.75, 3.05) is 20.6 Å². The molecule has 0 aromatic carbocycles. The van der Waals surface area contributed by atoms with Gasteiger partial charge in [-0.3, -0.25) is 0 Å². The van der Waals surface area contributed by atoms with E-state index in [-0.39, 0.29) is 18.6 Å². The molecule has 0 radical (unpaired) electrons. The average molecular weight is 139 g/mol. The molecule has 0 spiro atoms. The first kappa shape index (κ1) is 15.7. The Bertz CT molecular complexity index is 45.7. The third-order valence-corrected chi connectivity index (χ3v) is 0.494. The minimum Gasteiger partial charge on any atom is -0.344 e. The molecule has 3 N–H and O–H groups in total. The Balaban J connectivity index is -0.000000125. The van der Waals surface area contributed by atoms with Crippen molar-refractivity contribution in [2.45, 2.75) is 0 Å². The molecule has 0 atom stereocenters. The first-order valence-corrected chi connectivity index (χ1v) is 2.03. The van der Waals surface area contributed by atoms with Crippen LogP contribution in [0.15, 0.2) is 12.7 Å². The number of hydrogen-bond donors (Lipinski definition) is 1. The molecule has 52 valence electrons. The van der Waals surface area contributed by atoms with Gasteiger partial charge in [0.15, 0.2) is 0 Å². The van der Waals surface area contributed by atoms with Gasteiger partial charge in [-0.1, -0.05) is 6.08 Å². The molecular weight excluding hydrogens is 124 g/mol. The van der Waals surface area contributed by atoms with Gasteiger partial charge in [-0.25, -0.2) is 0 Å². The summed E-state index contributed by atoms with van der Waals surface area (Å²) in [4.78, 5) is 2.06. The van der Waals surface area contributed by atoms with E-state index < -0.39 is 0 Å². The summed E-state index contributed by atoms with van der Waals surface area (Å²) in [6, 6.07) is 0. The SMILES string of the molecule is C=CCN(C)C.Cl.N. The van der Waals surface area contributed by atoms with Crippen LogP contribution in [-0.4, -0.2) is 25.5 Å². The number of hydrogen-bond acceptors (Lipinski definition) is 2. The monoisotopic (exact) mass is 138 g/mol. The van der Waals surface area contributed by atoms with Crippen LogP contribution in [0.3, 0.4) is 0 Å². The van der Waals surface area contributed by atoms with Crippen LogP contribution in [0, 0.1) is 0 Å². The van der Waals surface area contributed by atoms with Gasteiger partial charge in [-0.05, 0) is 14.1 Å². The fourth-order valence-electron chi connectivity index (χ4n) is 0.258. The molecule has 3 heteroatoms. The van der Waals surface area contributed by atoms with Gasteiger partial charge in [-0.2, -0.15) is 0 Å². The third kappa shape index (κ3) is 16.8. The predicted octanol–water partition coefficient (Wildman–Crippen LogP) is 1.32. The number of halogens is 1. The normalized spacial score (nSPS) is 6.88. The van der Waals surface area contributed by atoms with Crippen molar-refractivity contribution in [3.05, 3.63) is 12.7 Å². The average Bonchev–Trinajstić information content (AvgIpc) is 1.35. The van der Waals surface area contributed by atoms with E-state index in [9.17, 15) is 0 Å². The van der Waals surface area contributed by atoms with Crippen molar-refractivity contribution in [3.63, 3.8) is 0 Å². The molecule has 0 aliphatic rings. The predicted molar refractivity (Wildman–Crippen MR) is 41.0 cm³/mol. The first-order valence-electron chi connectivity index (χ1n) is 2.03. The molecule has 8 heavy (non-hydrogen) atoms. The van der Waals surface area contributed by atoms with Gasteiger partial charge in [0.05, 0.1) is 0 Å². The van der Waals surface area contributed by atoms with Gasteiger partial charge in [0, 0.05) is 6.54 Å². The van der Waals surface area contributed by atoms with Gasteiger partial charge in [0.1, 0.15) is 0 Å². The van der Waals surface area contributed by atoms with Gasteiger partial charge >= 0.3 is 0 Å². The van der Waals surface area contributed by atoms with Crippen LogP contribution in [0.5, 0.6) is 0 Å². The molecular formula is C5H15ClN2. The van der Waals surface area contributed by atoms with Crippen LogP contribution in [0.25, 0.3) is 0 Å². The first-order chi connectivity index (χ1) is 2.77. The summed E-state index contributed by atoms with van der Waals surface area (Å²) in [6.45, 7) is 4.53. The van der Waals surface area contributed by atoms with Crippen LogP contribution < -0.4 is 6.15 Å². The lowest BCUT2D eigenvalue weighted by molar-refractivity contribution is 0.457. The van der Waals surface area contributed by atoms with Crippen molar-refractivity contribution in [1.82, 2.24) is 11.1 Å². The molecule has 0 aliphatic carbocycles. The maximum absolute atomic E-state index is 3.56. The Labute approximate surface area is 57.6 Å². The van der Waals surface area contributed by atoms with Crippen molar-refractivity contribution < 1.29 is 0 Å². The van der Waals surface area contributed by atoms with E-state index in [1.54, 1.807) is 0 Å². The Morgan fingerprint density at radius 3 is 1.88 bits per heavy atom. The standard InChI is InChI=1S/C5H11N.ClH.H3N/c1-4-5-6(2)3;;/h4H,1,5H2,2-3H3;1H;1H3. The summed E-state index contributed by atoms with van der Waals surface area (Å²) >= 11 is 0. The molecule has 0 heterocycles. The van der Waals surface area contributed by atoms with E-state index in [1.165, 1.54) is 0 Å². The quantitative estimate of drug-likeness (QED) is 0.585. The Morgan fingerprint density at radius 2 is 1.88 bits per heavy atom. The summed E-state index contributed by atoms with van der Waals surface area (Å²) in [5.74, 6) is 0. The molecule has 0 saturated heterocycles. The van der Waals surface area contributed by atoms with Gasteiger partial charge < -0.3 is 11.1 Å². The maximum Gasteiger partial charge on any atom is 0.0154 e. The molecule has 0 saturated carbocycles. The van der Waals surface area contributed by atoms with Crippen LogP contribution >= 0.6 is 12.4 Å². The summed E-state index contributed by atoms with van der Waals surface area (Å²) < 4.78 is 0. The Kier molecular flexibility index (Phi) is 19.7. The zero-order chi connectivity index (χ0) is 4.99. The molecule has 2 nitrogen and oxygen atoms in total. The smallest absolute Gasteiger partial charge is 0.0154 e. The van der Waals surface area contributed by atoms with Crippen LogP contribution in [0.1, 0.15) is 0 Å². The topological polar surface area (TPSA) is 38.2 Å². The van der Waals surface area contributed by atoms with E-state index >= 15 is 0 Å². The van der Waals surface area contributed by atoms with Gasteiger partial charge in [-0.15, -0.1) is 19.0 Å². The van der Waals surface area contributed by atoms with Crippen molar-refractivity contribution >= 4 is 12.4 Å². The third-order valence-electron chi connectivity index (χ3n) is 0.494. The van der Waals surface area contributed by atoms with Gasteiger partial charge in [0.25, 0.3) is 0 Å². The summed E-state index contributed by atoms with van der Waals surface area (Å²) in [7, 11) is 4.03. The fourth-order valence-corrected chi connectivity index (χ4v) is 0.258. The van der Waals surface area contributed by atoms with E-state index in [0.717, 1.165) is 6.54 Å². The van der Waals surface area contributed by atoms with Crippen molar-refractivity contribution in [1.29, 1.82) is 0 Å². The number of nitrogens with zero attached hydrogens (tertiary/aromatic N) is 1. The lowest BCUT2D eigenvalue weighted by atomic mass is 10.6. The molecule has 0 unspecified atom stereocenters. The maximum atomic E-state index is 3.56. The lowest BCUT2D eigenvalue weighted by Crippen LogP contribution is -2.09. The highest BCUT2D eigenvalue weighted by Gasteiger charge is 1.75.